The average Bonchev–Trinajstić information content (AvgIpc) is 3.55. The monoisotopic (exact) mass is 666 g/mol. The molecule has 2 aromatic rings. The van der Waals surface area contributed by atoms with Crippen molar-refractivity contribution < 1.29 is 31.4 Å². The van der Waals surface area contributed by atoms with Gasteiger partial charge in [-0.2, -0.15) is 0 Å². The fraction of sp³-hybridized carbons (Fsp3) is 0.700. The lowest BCUT2D eigenvalue weighted by molar-refractivity contribution is -0.0226. The summed E-state index contributed by atoms with van der Waals surface area (Å²) in [4.78, 5) is 0. The quantitative estimate of drug-likeness (QED) is 0.237. The predicted octanol–water partition coefficient (Wildman–Crippen LogP) is 4.75. The minimum Gasteiger partial charge on any atom is -0.508 e. The molecule has 0 radical (unpaired) electrons. The molecule has 6 aliphatic carbocycles. The zero-order valence-electron chi connectivity index (χ0n) is 29.2. The minimum absolute atomic E-state index is 0. The first kappa shape index (κ1) is 37.1. The number of hydrogen-bond donors (Lipinski definition) is 6. The van der Waals surface area contributed by atoms with E-state index in [4.69, 9.17) is 0 Å². The van der Waals surface area contributed by atoms with E-state index < -0.39 is 0 Å². The summed E-state index contributed by atoms with van der Waals surface area (Å²) >= 11 is 0. The largest absolute Gasteiger partial charge is 0.508 e. The van der Waals surface area contributed by atoms with E-state index in [1.54, 1.807) is 0 Å². The molecule has 10 atom stereocenters. The molecule has 9 rings (SSSR count). The molecule has 2 aromatic carbocycles. The molecule has 5 fully saturated rings. The Bertz CT molecular complexity index is 1270. The highest BCUT2D eigenvalue weighted by Gasteiger charge is 2.55. The highest BCUT2D eigenvalue weighted by Crippen LogP contribution is 2.62. The fourth-order valence-electron chi connectivity index (χ4n) is 11.7. The molecule has 1 aliphatic heterocycles. The summed E-state index contributed by atoms with van der Waals surface area (Å²) in [6.45, 7) is 9.19. The first-order valence-corrected chi connectivity index (χ1v) is 18.6. The number of aryl methyl sites for hydroxylation is 2. The van der Waals surface area contributed by atoms with Crippen LogP contribution in [-0.2, 0) is 12.8 Å². The number of phenols is 2. The molecular formula is C40H62N2O6. The number of rotatable bonds is 0. The Kier molecular flexibility index (Phi) is 11.6. The second-order valence-corrected chi connectivity index (χ2v) is 16.4. The Morgan fingerprint density at radius 2 is 0.958 bits per heavy atom. The molecule has 7 aliphatic rings. The van der Waals surface area contributed by atoms with Crippen LogP contribution in [0.3, 0.4) is 0 Å². The molecule has 1 saturated heterocycles. The summed E-state index contributed by atoms with van der Waals surface area (Å²) in [5.74, 6) is 4.98. The van der Waals surface area contributed by atoms with E-state index in [2.05, 4.69) is 36.6 Å². The van der Waals surface area contributed by atoms with Gasteiger partial charge in [0.2, 0.25) is 0 Å². The van der Waals surface area contributed by atoms with Crippen molar-refractivity contribution in [1.82, 2.24) is 10.6 Å². The van der Waals surface area contributed by atoms with Crippen LogP contribution in [0.25, 0.3) is 0 Å². The van der Waals surface area contributed by atoms with Gasteiger partial charge in [-0.25, -0.2) is 0 Å². The van der Waals surface area contributed by atoms with E-state index in [0.29, 0.717) is 35.2 Å². The van der Waals surface area contributed by atoms with Crippen molar-refractivity contribution in [3.05, 3.63) is 58.7 Å². The summed E-state index contributed by atoms with van der Waals surface area (Å²) in [5, 5.41) is 46.5. The van der Waals surface area contributed by atoms with Gasteiger partial charge in [-0.1, -0.05) is 26.0 Å². The van der Waals surface area contributed by atoms with E-state index >= 15 is 0 Å². The molecule has 0 spiro atoms. The summed E-state index contributed by atoms with van der Waals surface area (Å²) in [7, 11) is 0. The van der Waals surface area contributed by atoms with Crippen molar-refractivity contribution in [2.75, 3.05) is 26.2 Å². The van der Waals surface area contributed by atoms with Crippen LogP contribution in [0, 0.1) is 34.5 Å². The highest BCUT2D eigenvalue weighted by atomic mass is 16.3. The zero-order valence-corrected chi connectivity index (χ0v) is 29.2. The molecule has 0 unspecified atom stereocenters. The maximum Gasteiger partial charge on any atom is 0.115 e. The maximum absolute atomic E-state index is 10.4. The van der Waals surface area contributed by atoms with Crippen LogP contribution >= 0.6 is 0 Å². The van der Waals surface area contributed by atoms with E-state index in [0.717, 1.165) is 76.5 Å². The Labute approximate surface area is 287 Å². The third kappa shape index (κ3) is 6.66. The highest BCUT2D eigenvalue weighted by molar-refractivity contribution is 5.41. The maximum atomic E-state index is 10.4. The molecule has 0 aromatic heterocycles. The fourth-order valence-corrected chi connectivity index (χ4v) is 11.7. The Morgan fingerprint density at radius 3 is 1.33 bits per heavy atom. The molecule has 268 valence electrons. The van der Waals surface area contributed by atoms with Gasteiger partial charge < -0.3 is 42.0 Å². The number of fused-ring (bicyclic) bond motifs is 10. The number of phenolic OH excluding ortho intramolecular Hbond substituents is 2. The number of aromatic hydroxyl groups is 2. The van der Waals surface area contributed by atoms with Gasteiger partial charge in [0.25, 0.3) is 0 Å². The number of hydrogen-bond acceptors (Lipinski definition) is 6. The van der Waals surface area contributed by atoms with Crippen LogP contribution < -0.4 is 10.6 Å². The van der Waals surface area contributed by atoms with E-state index in [1.165, 1.54) is 60.8 Å². The average molecular weight is 667 g/mol. The topological polar surface area (TPSA) is 168 Å². The van der Waals surface area contributed by atoms with Crippen LogP contribution in [0.15, 0.2) is 36.4 Å². The third-order valence-corrected chi connectivity index (χ3v) is 14.3. The molecule has 8 heteroatoms. The van der Waals surface area contributed by atoms with Crippen molar-refractivity contribution in [1.29, 1.82) is 0 Å². The first-order chi connectivity index (χ1) is 22.2. The summed E-state index contributed by atoms with van der Waals surface area (Å²) in [6, 6.07) is 11.9. The van der Waals surface area contributed by atoms with E-state index in [-0.39, 0.29) is 34.0 Å². The van der Waals surface area contributed by atoms with Crippen LogP contribution in [0.1, 0.15) is 112 Å². The van der Waals surface area contributed by atoms with Crippen LogP contribution in [0.2, 0.25) is 0 Å². The van der Waals surface area contributed by atoms with Crippen LogP contribution in [-0.4, -0.2) is 69.8 Å². The third-order valence-electron chi connectivity index (χ3n) is 14.3. The van der Waals surface area contributed by atoms with Crippen LogP contribution in [0.5, 0.6) is 11.5 Å². The number of piperazine rings is 1. The lowest BCUT2D eigenvalue weighted by atomic mass is 9.55. The molecular weight excluding hydrogens is 604 g/mol. The van der Waals surface area contributed by atoms with Crippen LogP contribution in [0.4, 0.5) is 0 Å². The second-order valence-electron chi connectivity index (χ2n) is 16.4. The van der Waals surface area contributed by atoms with Gasteiger partial charge in [0.05, 0.1) is 12.2 Å². The Balaban J connectivity index is 0.000000155. The smallest absolute Gasteiger partial charge is 0.115 e. The molecule has 10 N–H and O–H groups in total. The molecule has 0 bridgehead atoms. The molecule has 4 saturated carbocycles. The zero-order chi connectivity index (χ0) is 32.1. The van der Waals surface area contributed by atoms with Crippen molar-refractivity contribution in [3.8, 4) is 11.5 Å². The van der Waals surface area contributed by atoms with Gasteiger partial charge in [-0.3, -0.25) is 0 Å². The Hall–Kier alpha value is -2.20. The van der Waals surface area contributed by atoms with Gasteiger partial charge >= 0.3 is 0 Å². The van der Waals surface area contributed by atoms with Crippen molar-refractivity contribution in [2.45, 2.75) is 115 Å². The van der Waals surface area contributed by atoms with Crippen molar-refractivity contribution >= 4 is 0 Å². The lowest BCUT2D eigenvalue weighted by Gasteiger charge is -2.50. The molecule has 8 nitrogen and oxygen atoms in total. The number of aliphatic hydroxyl groups excluding tert-OH is 2. The van der Waals surface area contributed by atoms with E-state index in [9.17, 15) is 20.4 Å². The van der Waals surface area contributed by atoms with Gasteiger partial charge in [0, 0.05) is 26.2 Å². The summed E-state index contributed by atoms with van der Waals surface area (Å²) in [5.41, 5.74) is 5.98. The molecule has 1 heterocycles. The van der Waals surface area contributed by atoms with Crippen molar-refractivity contribution in [3.63, 3.8) is 0 Å². The van der Waals surface area contributed by atoms with Crippen molar-refractivity contribution in [2.24, 2.45) is 34.5 Å². The van der Waals surface area contributed by atoms with Gasteiger partial charge in [-0.05, 0) is 170 Å². The normalized spacial score (nSPS) is 38.6. The van der Waals surface area contributed by atoms with Gasteiger partial charge in [-0.15, -0.1) is 0 Å². The SMILES string of the molecule is C1CNCCN1.C[C@]12CC[C@@H]3c4ccc(O)cc4CC[C@H]3[C@@H]1CC[C@@H]2O.C[C@]12CC[C@@H]3c4ccc(O)cc4CC[C@H]3[C@@H]1CC[C@@H]2O.O.O. The lowest BCUT2D eigenvalue weighted by Crippen LogP contribution is -2.43. The van der Waals surface area contributed by atoms with Gasteiger partial charge in [0.1, 0.15) is 11.5 Å². The summed E-state index contributed by atoms with van der Waals surface area (Å²) in [6.07, 6.45) is 13.6. The Morgan fingerprint density at radius 1 is 0.562 bits per heavy atom. The summed E-state index contributed by atoms with van der Waals surface area (Å²) < 4.78 is 0. The second kappa shape index (κ2) is 15.0. The first-order valence-electron chi connectivity index (χ1n) is 18.6. The molecule has 0 amide bonds. The number of nitrogens with one attached hydrogen (secondary N) is 2. The number of benzene rings is 2. The number of aliphatic hydroxyl groups is 2. The van der Waals surface area contributed by atoms with E-state index in [1.807, 2.05) is 24.3 Å². The minimum atomic E-state index is -0.0883. The molecule has 48 heavy (non-hydrogen) atoms. The predicted molar refractivity (Wildman–Crippen MR) is 190 cm³/mol. The standard InChI is InChI=1S/2C18H24O2.C4H10N2.2H2O/c2*1-18-9-8-14-13-5-3-12(19)10-11(13)2-4-15(14)16(18)6-7-17(18)20;1-2-6-4-3-5-1;;/h2*3,5,10,14-17,19-20H,2,4,6-9H2,1H3;5-6H,1-4H2;2*1H2/t2*14-,15-,16+,17+,18+;;;/m11.../s1. The van der Waals surface area contributed by atoms with Gasteiger partial charge in [0.15, 0.2) is 0 Å².